The second kappa shape index (κ2) is 8.30. The van der Waals surface area contributed by atoms with E-state index in [1.54, 1.807) is 11.6 Å². The number of nitrogens with one attached hydrogen (secondary N) is 2. The summed E-state index contributed by atoms with van der Waals surface area (Å²) in [6, 6.07) is 10.7. The predicted octanol–water partition coefficient (Wildman–Crippen LogP) is 2.79. The average Bonchev–Trinajstić information content (AvgIpc) is 3.08. The van der Waals surface area contributed by atoms with Crippen LogP contribution >= 0.6 is 11.3 Å². The van der Waals surface area contributed by atoms with Crippen LogP contribution in [0.15, 0.2) is 54.0 Å². The maximum Gasteiger partial charge on any atom is 0.257 e. The number of rotatable bonds is 6. The van der Waals surface area contributed by atoms with Crippen molar-refractivity contribution in [1.29, 1.82) is 0 Å². The van der Waals surface area contributed by atoms with Crippen molar-refractivity contribution in [2.75, 3.05) is 5.32 Å². The van der Waals surface area contributed by atoms with Gasteiger partial charge in [-0.15, -0.1) is 11.3 Å². The number of benzene rings is 1. The molecule has 132 valence electrons. The first kappa shape index (κ1) is 17.7. The summed E-state index contributed by atoms with van der Waals surface area (Å²) in [6.07, 6.45) is 1.77. The molecule has 0 fully saturated rings. The zero-order valence-electron chi connectivity index (χ0n) is 13.6. The summed E-state index contributed by atoms with van der Waals surface area (Å²) < 4.78 is 12.9. The zero-order valence-corrected chi connectivity index (χ0v) is 14.4. The van der Waals surface area contributed by atoms with E-state index in [2.05, 4.69) is 20.6 Å². The first-order valence-corrected chi connectivity index (χ1v) is 8.66. The molecule has 3 rings (SSSR count). The van der Waals surface area contributed by atoms with E-state index in [0.29, 0.717) is 22.9 Å². The highest BCUT2D eigenvalue weighted by molar-refractivity contribution is 7.14. The number of aromatic nitrogens is 2. The van der Waals surface area contributed by atoms with Crippen molar-refractivity contribution in [1.82, 2.24) is 15.3 Å². The molecule has 0 unspecified atom stereocenters. The summed E-state index contributed by atoms with van der Waals surface area (Å²) in [5.74, 6) is -0.974. The minimum Gasteiger partial charge on any atom is -0.350 e. The molecule has 6 nitrogen and oxygen atoms in total. The van der Waals surface area contributed by atoms with Crippen molar-refractivity contribution in [2.45, 2.75) is 13.0 Å². The van der Waals surface area contributed by atoms with E-state index in [4.69, 9.17) is 0 Å². The lowest BCUT2D eigenvalue weighted by atomic mass is 10.2. The summed E-state index contributed by atoms with van der Waals surface area (Å²) in [4.78, 5) is 32.4. The largest absolute Gasteiger partial charge is 0.350 e. The van der Waals surface area contributed by atoms with Gasteiger partial charge >= 0.3 is 0 Å². The van der Waals surface area contributed by atoms with E-state index < -0.39 is 5.82 Å². The van der Waals surface area contributed by atoms with Crippen LogP contribution in [0.5, 0.6) is 0 Å². The van der Waals surface area contributed by atoms with Gasteiger partial charge in [0, 0.05) is 17.1 Å². The van der Waals surface area contributed by atoms with Crippen LogP contribution in [0.2, 0.25) is 0 Å². The molecule has 0 aliphatic heterocycles. The van der Waals surface area contributed by atoms with Crippen molar-refractivity contribution in [3.63, 3.8) is 0 Å². The van der Waals surface area contributed by atoms with Gasteiger partial charge in [0.1, 0.15) is 5.82 Å². The molecule has 2 aromatic heterocycles. The highest BCUT2D eigenvalue weighted by Gasteiger charge is 2.11. The Morgan fingerprint density at radius 1 is 1.08 bits per heavy atom. The number of thiazole rings is 1. The molecule has 0 saturated carbocycles. The fourth-order valence-corrected chi connectivity index (χ4v) is 2.84. The van der Waals surface area contributed by atoms with Gasteiger partial charge in [-0.3, -0.25) is 19.9 Å². The van der Waals surface area contributed by atoms with Crippen LogP contribution in [0.3, 0.4) is 0 Å². The number of hydrogen-bond acceptors (Lipinski definition) is 5. The number of pyridine rings is 1. The SMILES string of the molecule is O=C(Cc1csc(NC(=O)c2ccc(F)cc2)n1)NCc1ccccn1. The smallest absolute Gasteiger partial charge is 0.257 e. The highest BCUT2D eigenvalue weighted by Crippen LogP contribution is 2.17. The van der Waals surface area contributed by atoms with Crippen molar-refractivity contribution in [2.24, 2.45) is 0 Å². The Kier molecular flexibility index (Phi) is 5.65. The molecule has 0 bridgehead atoms. The molecular formula is C18H15FN4O2S. The summed E-state index contributed by atoms with van der Waals surface area (Å²) in [7, 11) is 0. The summed E-state index contributed by atoms with van der Waals surface area (Å²) >= 11 is 1.22. The van der Waals surface area contributed by atoms with Gasteiger partial charge in [-0.2, -0.15) is 0 Å². The molecule has 0 saturated heterocycles. The highest BCUT2D eigenvalue weighted by atomic mass is 32.1. The fourth-order valence-electron chi connectivity index (χ4n) is 2.13. The van der Waals surface area contributed by atoms with Gasteiger partial charge in [-0.1, -0.05) is 6.07 Å². The molecule has 2 amide bonds. The Bertz CT molecular complexity index is 897. The van der Waals surface area contributed by atoms with Crippen molar-refractivity contribution in [3.05, 3.63) is 76.8 Å². The maximum atomic E-state index is 12.9. The third kappa shape index (κ3) is 4.93. The Morgan fingerprint density at radius 3 is 2.62 bits per heavy atom. The summed E-state index contributed by atoms with van der Waals surface area (Å²) in [6.45, 7) is 0.345. The Hall–Kier alpha value is -3.13. The molecule has 0 radical (unpaired) electrons. The fraction of sp³-hybridized carbons (Fsp3) is 0.111. The third-order valence-corrected chi connectivity index (χ3v) is 4.22. The molecule has 26 heavy (non-hydrogen) atoms. The molecule has 2 heterocycles. The lowest BCUT2D eigenvalue weighted by Crippen LogP contribution is -2.25. The second-order valence-corrected chi connectivity index (χ2v) is 6.24. The van der Waals surface area contributed by atoms with Gasteiger partial charge in [0.05, 0.1) is 24.4 Å². The third-order valence-electron chi connectivity index (χ3n) is 3.41. The number of carbonyl (C=O) groups excluding carboxylic acids is 2. The maximum absolute atomic E-state index is 12.9. The predicted molar refractivity (Wildman–Crippen MR) is 96.3 cm³/mol. The second-order valence-electron chi connectivity index (χ2n) is 5.38. The van der Waals surface area contributed by atoms with Gasteiger partial charge in [-0.05, 0) is 36.4 Å². The van der Waals surface area contributed by atoms with E-state index in [0.717, 1.165) is 5.69 Å². The van der Waals surface area contributed by atoms with Crippen LogP contribution in [0.1, 0.15) is 21.7 Å². The molecule has 3 aromatic rings. The first-order chi connectivity index (χ1) is 12.6. The van der Waals surface area contributed by atoms with Gasteiger partial charge in [-0.25, -0.2) is 9.37 Å². The molecule has 0 spiro atoms. The number of anilines is 1. The number of halogens is 1. The number of nitrogens with zero attached hydrogens (tertiary/aromatic N) is 2. The minimum absolute atomic E-state index is 0.107. The van der Waals surface area contributed by atoms with E-state index in [1.807, 2.05) is 18.2 Å². The number of hydrogen-bond donors (Lipinski definition) is 2. The van der Waals surface area contributed by atoms with Gasteiger partial charge in [0.15, 0.2) is 5.13 Å². The Morgan fingerprint density at radius 2 is 1.88 bits per heavy atom. The summed E-state index contributed by atoms with van der Waals surface area (Å²) in [5, 5.41) is 7.49. The van der Waals surface area contributed by atoms with Gasteiger partial charge < -0.3 is 5.32 Å². The molecular weight excluding hydrogens is 355 g/mol. The van der Waals surface area contributed by atoms with E-state index >= 15 is 0 Å². The molecule has 0 atom stereocenters. The number of amides is 2. The van der Waals surface area contributed by atoms with Crippen molar-refractivity contribution >= 4 is 28.3 Å². The van der Waals surface area contributed by atoms with Crippen LogP contribution in [0.4, 0.5) is 9.52 Å². The molecule has 0 aliphatic rings. The lowest BCUT2D eigenvalue weighted by Gasteiger charge is -2.03. The summed E-state index contributed by atoms with van der Waals surface area (Å²) in [5.41, 5.74) is 1.66. The number of carbonyl (C=O) groups is 2. The lowest BCUT2D eigenvalue weighted by molar-refractivity contribution is -0.120. The van der Waals surface area contributed by atoms with Gasteiger partial charge in [0.25, 0.3) is 5.91 Å². The zero-order chi connectivity index (χ0) is 18.4. The van der Waals surface area contributed by atoms with E-state index in [-0.39, 0.29) is 18.2 Å². The molecule has 8 heteroatoms. The Balaban J connectivity index is 1.51. The standard InChI is InChI=1S/C18H15FN4O2S/c19-13-6-4-12(5-7-13)17(25)23-18-22-15(11-26-18)9-16(24)21-10-14-3-1-2-8-20-14/h1-8,11H,9-10H2,(H,21,24)(H,22,23,25). The first-order valence-electron chi connectivity index (χ1n) is 7.78. The topological polar surface area (TPSA) is 84.0 Å². The van der Waals surface area contributed by atoms with Crippen LogP contribution in [-0.2, 0) is 17.8 Å². The van der Waals surface area contributed by atoms with E-state index in [1.165, 1.54) is 35.6 Å². The molecule has 0 aliphatic carbocycles. The molecule has 2 N–H and O–H groups in total. The van der Waals surface area contributed by atoms with Crippen molar-refractivity contribution in [3.8, 4) is 0 Å². The normalized spacial score (nSPS) is 10.3. The quantitative estimate of drug-likeness (QED) is 0.699. The molecule has 1 aromatic carbocycles. The van der Waals surface area contributed by atoms with Crippen LogP contribution in [0.25, 0.3) is 0 Å². The van der Waals surface area contributed by atoms with Crippen LogP contribution in [0, 0.1) is 5.82 Å². The average molecular weight is 370 g/mol. The van der Waals surface area contributed by atoms with Gasteiger partial charge in [0.2, 0.25) is 5.91 Å². The van der Waals surface area contributed by atoms with Crippen molar-refractivity contribution < 1.29 is 14.0 Å². The monoisotopic (exact) mass is 370 g/mol. The Labute approximate surface area is 153 Å². The van der Waals surface area contributed by atoms with Crippen LogP contribution < -0.4 is 10.6 Å². The van der Waals surface area contributed by atoms with E-state index in [9.17, 15) is 14.0 Å². The minimum atomic E-state index is -0.408. The van der Waals surface area contributed by atoms with Crippen LogP contribution in [-0.4, -0.2) is 21.8 Å².